The van der Waals surface area contributed by atoms with Gasteiger partial charge in [0.05, 0.1) is 5.56 Å². The Balaban J connectivity index is 0.00000128. The van der Waals surface area contributed by atoms with Crippen LogP contribution in [-0.2, 0) is 0 Å². The Labute approximate surface area is 118 Å². The Morgan fingerprint density at radius 1 is 0.938 bits per heavy atom. The van der Waals surface area contributed by atoms with Crippen molar-refractivity contribution in [3.63, 3.8) is 0 Å². The zero-order valence-corrected chi connectivity index (χ0v) is 11.1. The standard InChI is InChI=1S/C13H10O2.Na.H/c14-13(15)12-8-4-7-11(9-12)10-5-2-1-3-6-10;;/h1-9H,(H,14,15);;/q;+1;-1. The molecule has 0 amide bonds. The topological polar surface area (TPSA) is 37.3 Å². The largest absolute Gasteiger partial charge is 1.00 e. The van der Waals surface area contributed by atoms with Gasteiger partial charge in [0.25, 0.3) is 0 Å². The van der Waals surface area contributed by atoms with Crippen molar-refractivity contribution in [3.05, 3.63) is 60.2 Å². The van der Waals surface area contributed by atoms with E-state index in [-0.39, 0.29) is 31.0 Å². The normalized spacial score (nSPS) is 9.25. The maximum atomic E-state index is 10.8. The Morgan fingerprint density at radius 3 is 2.19 bits per heavy atom. The first-order valence-electron chi connectivity index (χ1n) is 4.66. The number of hydrogen-bond donors (Lipinski definition) is 1. The van der Waals surface area contributed by atoms with E-state index in [1.54, 1.807) is 18.2 Å². The van der Waals surface area contributed by atoms with Crippen LogP contribution in [0.2, 0.25) is 0 Å². The van der Waals surface area contributed by atoms with Crippen LogP contribution in [0.1, 0.15) is 11.8 Å². The Hall–Kier alpha value is -1.09. The molecule has 0 fully saturated rings. The van der Waals surface area contributed by atoms with E-state index in [1.165, 1.54) is 0 Å². The van der Waals surface area contributed by atoms with E-state index >= 15 is 0 Å². The van der Waals surface area contributed by atoms with Crippen molar-refractivity contribution >= 4 is 5.97 Å². The molecule has 0 bridgehead atoms. The molecule has 76 valence electrons. The van der Waals surface area contributed by atoms with Crippen molar-refractivity contribution in [3.8, 4) is 11.1 Å². The van der Waals surface area contributed by atoms with E-state index in [2.05, 4.69) is 0 Å². The molecule has 2 rings (SSSR count). The quantitative estimate of drug-likeness (QED) is 0.735. The van der Waals surface area contributed by atoms with Crippen molar-refractivity contribution in [2.24, 2.45) is 0 Å². The summed E-state index contributed by atoms with van der Waals surface area (Å²) in [6.07, 6.45) is 0. The van der Waals surface area contributed by atoms with Gasteiger partial charge in [-0.3, -0.25) is 0 Å². The predicted octanol–water partition coefficient (Wildman–Crippen LogP) is 0.168. The van der Waals surface area contributed by atoms with Crippen molar-refractivity contribution in [2.45, 2.75) is 0 Å². The van der Waals surface area contributed by atoms with Crippen LogP contribution in [0.4, 0.5) is 0 Å². The molecule has 0 heterocycles. The average Bonchev–Trinajstić information content (AvgIpc) is 2.30. The van der Waals surface area contributed by atoms with E-state index < -0.39 is 5.97 Å². The molecular formula is C13H11NaO2. The molecule has 2 aromatic rings. The zero-order chi connectivity index (χ0) is 10.7. The first-order valence-corrected chi connectivity index (χ1v) is 4.66. The van der Waals surface area contributed by atoms with E-state index in [0.717, 1.165) is 11.1 Å². The van der Waals surface area contributed by atoms with Gasteiger partial charge >= 0.3 is 35.5 Å². The smallest absolute Gasteiger partial charge is 1.00 e. The van der Waals surface area contributed by atoms with Gasteiger partial charge in [0.1, 0.15) is 0 Å². The van der Waals surface area contributed by atoms with Crippen LogP contribution in [0.15, 0.2) is 54.6 Å². The van der Waals surface area contributed by atoms with Gasteiger partial charge < -0.3 is 6.53 Å². The summed E-state index contributed by atoms with van der Waals surface area (Å²) < 4.78 is 0. The maximum Gasteiger partial charge on any atom is 1.00 e. The molecule has 0 radical (unpaired) electrons. The first-order chi connectivity index (χ1) is 7.27. The Bertz CT molecular complexity index is 486. The van der Waals surface area contributed by atoms with Gasteiger partial charge in [-0.1, -0.05) is 42.5 Å². The molecule has 0 aliphatic rings. The summed E-state index contributed by atoms with van der Waals surface area (Å²) in [5.41, 5.74) is 2.27. The third-order valence-electron chi connectivity index (χ3n) is 2.22. The fraction of sp³-hybridized carbons (Fsp3) is 0. The maximum absolute atomic E-state index is 10.8. The number of carboxylic acid groups (broad SMARTS) is 1. The van der Waals surface area contributed by atoms with Crippen LogP contribution in [-0.4, -0.2) is 11.1 Å². The number of hydrogen-bond acceptors (Lipinski definition) is 1. The van der Waals surface area contributed by atoms with E-state index in [1.807, 2.05) is 36.4 Å². The molecule has 0 atom stereocenters. The van der Waals surface area contributed by atoms with Gasteiger partial charge in [0.2, 0.25) is 0 Å². The molecule has 0 aromatic heterocycles. The molecule has 1 N–H and O–H groups in total. The fourth-order valence-electron chi connectivity index (χ4n) is 1.46. The number of rotatable bonds is 2. The van der Waals surface area contributed by atoms with E-state index in [0.29, 0.717) is 5.56 Å². The van der Waals surface area contributed by atoms with Crippen LogP contribution in [0, 0.1) is 0 Å². The summed E-state index contributed by atoms with van der Waals surface area (Å²) in [7, 11) is 0. The molecule has 0 aliphatic carbocycles. The van der Waals surface area contributed by atoms with E-state index in [9.17, 15) is 4.79 Å². The van der Waals surface area contributed by atoms with E-state index in [4.69, 9.17) is 5.11 Å². The van der Waals surface area contributed by atoms with Gasteiger partial charge in [-0.05, 0) is 23.3 Å². The van der Waals surface area contributed by atoms with Crippen LogP contribution in [0.3, 0.4) is 0 Å². The number of carboxylic acids is 1. The van der Waals surface area contributed by atoms with Crippen molar-refractivity contribution in [1.82, 2.24) is 0 Å². The van der Waals surface area contributed by atoms with Gasteiger partial charge in [-0.15, -0.1) is 0 Å². The second-order valence-electron chi connectivity index (χ2n) is 3.25. The predicted molar refractivity (Wildman–Crippen MR) is 59.9 cm³/mol. The van der Waals surface area contributed by atoms with Crippen molar-refractivity contribution in [1.29, 1.82) is 0 Å². The first kappa shape index (κ1) is 13.0. The fourth-order valence-corrected chi connectivity index (χ4v) is 1.46. The van der Waals surface area contributed by atoms with Crippen molar-refractivity contribution < 1.29 is 40.9 Å². The van der Waals surface area contributed by atoms with Crippen LogP contribution in [0.25, 0.3) is 11.1 Å². The monoisotopic (exact) mass is 222 g/mol. The molecule has 0 saturated heterocycles. The molecule has 2 aromatic carbocycles. The third-order valence-corrected chi connectivity index (χ3v) is 2.22. The number of benzene rings is 2. The second-order valence-corrected chi connectivity index (χ2v) is 3.25. The third kappa shape index (κ3) is 2.95. The summed E-state index contributed by atoms with van der Waals surface area (Å²) in [5.74, 6) is -0.896. The van der Waals surface area contributed by atoms with Crippen LogP contribution >= 0.6 is 0 Å². The van der Waals surface area contributed by atoms with Gasteiger partial charge in [0.15, 0.2) is 0 Å². The molecule has 3 heteroatoms. The molecule has 0 unspecified atom stereocenters. The molecule has 0 saturated carbocycles. The van der Waals surface area contributed by atoms with Crippen molar-refractivity contribution in [2.75, 3.05) is 0 Å². The van der Waals surface area contributed by atoms with Crippen LogP contribution < -0.4 is 29.6 Å². The molecule has 0 spiro atoms. The summed E-state index contributed by atoms with van der Waals surface area (Å²) in [6.45, 7) is 0. The van der Waals surface area contributed by atoms with Crippen LogP contribution in [0.5, 0.6) is 0 Å². The SMILES string of the molecule is O=C(O)c1cccc(-c2ccccc2)c1.[H-].[Na+]. The van der Waals surface area contributed by atoms with Gasteiger partial charge in [-0.25, -0.2) is 4.79 Å². The number of aromatic carboxylic acids is 1. The summed E-state index contributed by atoms with van der Waals surface area (Å²) in [6, 6.07) is 16.7. The molecule has 2 nitrogen and oxygen atoms in total. The summed E-state index contributed by atoms with van der Waals surface area (Å²) in [4.78, 5) is 10.8. The molecule has 0 aliphatic heterocycles. The Kier molecular flexibility index (Phi) is 4.74. The summed E-state index contributed by atoms with van der Waals surface area (Å²) in [5, 5.41) is 8.86. The zero-order valence-electron chi connectivity index (χ0n) is 10.1. The average molecular weight is 222 g/mol. The summed E-state index contributed by atoms with van der Waals surface area (Å²) >= 11 is 0. The van der Waals surface area contributed by atoms with Gasteiger partial charge in [-0.2, -0.15) is 0 Å². The molecule has 16 heavy (non-hydrogen) atoms. The second kappa shape index (κ2) is 5.85. The Morgan fingerprint density at radius 2 is 1.56 bits per heavy atom. The molecular weight excluding hydrogens is 211 g/mol. The van der Waals surface area contributed by atoms with Gasteiger partial charge in [0, 0.05) is 0 Å². The number of carbonyl (C=O) groups is 1. The minimum absolute atomic E-state index is 0. The minimum Gasteiger partial charge on any atom is -1.00 e. The minimum atomic E-state index is -0.896.